The van der Waals surface area contributed by atoms with Gasteiger partial charge in [0, 0.05) is 24.5 Å². The molecule has 4 N–H and O–H groups in total. The Morgan fingerprint density at radius 3 is 2.43 bits per heavy atom. The first kappa shape index (κ1) is 19.5. The van der Waals surface area contributed by atoms with Gasteiger partial charge in [0.15, 0.2) is 5.96 Å². The van der Waals surface area contributed by atoms with Gasteiger partial charge >= 0.3 is 6.09 Å². The largest absolute Gasteiger partial charge is 0.450 e. The van der Waals surface area contributed by atoms with Crippen LogP contribution in [-0.2, 0) is 4.74 Å². The molecule has 134 valence electrons. The van der Waals surface area contributed by atoms with Crippen molar-refractivity contribution in [2.45, 2.75) is 52.5 Å². The smallest absolute Gasteiger partial charge is 0.409 e. The van der Waals surface area contributed by atoms with Crippen LogP contribution in [0.25, 0.3) is 0 Å². The summed E-state index contributed by atoms with van der Waals surface area (Å²) in [6.07, 6.45) is 3.14. The molecule has 0 aromatic carbocycles. The SMILES string of the molecule is CCOC(=O)N1CCC(NC(N)=NCC(CC)(CC)CO)CC1. The molecule has 1 aliphatic heterocycles. The number of guanidine groups is 1. The van der Waals surface area contributed by atoms with Gasteiger partial charge in [-0.05, 0) is 32.6 Å². The third kappa shape index (κ3) is 5.89. The van der Waals surface area contributed by atoms with E-state index in [9.17, 15) is 9.90 Å². The van der Waals surface area contributed by atoms with Gasteiger partial charge in [0.25, 0.3) is 0 Å². The van der Waals surface area contributed by atoms with Crippen LogP contribution in [0, 0.1) is 5.41 Å². The Kier molecular flexibility index (Phi) is 8.16. The maximum atomic E-state index is 11.7. The van der Waals surface area contributed by atoms with Crippen LogP contribution in [0.3, 0.4) is 0 Å². The highest BCUT2D eigenvalue weighted by atomic mass is 16.6. The molecular formula is C16H32N4O3. The molecule has 7 heteroatoms. The molecule has 0 unspecified atom stereocenters. The van der Waals surface area contributed by atoms with Crippen LogP contribution in [-0.4, -0.2) is 60.9 Å². The summed E-state index contributed by atoms with van der Waals surface area (Å²) in [5, 5.41) is 12.8. The summed E-state index contributed by atoms with van der Waals surface area (Å²) in [5.41, 5.74) is 5.79. The molecule has 0 radical (unpaired) electrons. The van der Waals surface area contributed by atoms with Gasteiger partial charge in [0.05, 0.1) is 19.8 Å². The summed E-state index contributed by atoms with van der Waals surface area (Å²) >= 11 is 0. The number of aliphatic hydroxyl groups is 1. The number of aliphatic hydroxyl groups excluding tert-OH is 1. The van der Waals surface area contributed by atoms with Gasteiger partial charge in [-0.3, -0.25) is 4.99 Å². The lowest BCUT2D eigenvalue weighted by Crippen LogP contribution is -2.48. The summed E-state index contributed by atoms with van der Waals surface area (Å²) in [5.74, 6) is 0.416. The van der Waals surface area contributed by atoms with Crippen LogP contribution in [0.15, 0.2) is 4.99 Å². The number of nitrogens with zero attached hydrogens (tertiary/aromatic N) is 2. The zero-order valence-corrected chi connectivity index (χ0v) is 14.7. The first-order chi connectivity index (χ1) is 11.0. The van der Waals surface area contributed by atoms with Gasteiger partial charge in [-0.1, -0.05) is 13.8 Å². The molecule has 1 saturated heterocycles. The van der Waals surface area contributed by atoms with Gasteiger partial charge < -0.3 is 25.8 Å². The molecule has 1 rings (SSSR count). The maximum Gasteiger partial charge on any atom is 0.409 e. The van der Waals surface area contributed by atoms with E-state index in [1.54, 1.807) is 4.90 Å². The lowest BCUT2D eigenvalue weighted by atomic mass is 9.83. The number of nitrogens with one attached hydrogen (secondary N) is 1. The van der Waals surface area contributed by atoms with Crippen LogP contribution in [0.1, 0.15) is 46.5 Å². The van der Waals surface area contributed by atoms with Crippen molar-refractivity contribution in [2.75, 3.05) is 32.8 Å². The molecular weight excluding hydrogens is 296 g/mol. The molecule has 1 amide bonds. The number of rotatable bonds is 7. The number of carbonyl (C=O) groups excluding carboxylic acids is 1. The molecule has 1 heterocycles. The number of ether oxygens (including phenoxy) is 1. The van der Waals surface area contributed by atoms with Crippen molar-refractivity contribution in [3.05, 3.63) is 0 Å². The fraction of sp³-hybridized carbons (Fsp3) is 0.875. The summed E-state index contributed by atoms with van der Waals surface area (Å²) in [6, 6.07) is 0.219. The van der Waals surface area contributed by atoms with E-state index in [2.05, 4.69) is 24.2 Å². The summed E-state index contributed by atoms with van der Waals surface area (Å²) in [6.45, 7) is 8.29. The molecule has 0 saturated carbocycles. The summed E-state index contributed by atoms with van der Waals surface area (Å²) in [4.78, 5) is 17.8. The zero-order chi connectivity index (χ0) is 17.3. The minimum atomic E-state index is -0.244. The van der Waals surface area contributed by atoms with Crippen LogP contribution < -0.4 is 11.1 Å². The van der Waals surface area contributed by atoms with Crippen molar-refractivity contribution < 1.29 is 14.6 Å². The standard InChI is InChI=1S/C16H32N4O3/c1-4-16(5-2,12-21)11-18-14(17)19-13-7-9-20(10-8-13)15(22)23-6-3/h13,21H,4-12H2,1-3H3,(H3,17,18,19). The van der Waals surface area contributed by atoms with Crippen molar-refractivity contribution in [1.82, 2.24) is 10.2 Å². The number of nitrogens with two attached hydrogens (primary N) is 1. The molecule has 1 fully saturated rings. The fourth-order valence-electron chi connectivity index (χ4n) is 2.68. The van der Waals surface area contributed by atoms with Crippen molar-refractivity contribution >= 4 is 12.1 Å². The molecule has 0 aromatic heterocycles. The van der Waals surface area contributed by atoms with Crippen molar-refractivity contribution in [1.29, 1.82) is 0 Å². The lowest BCUT2D eigenvalue weighted by Gasteiger charge is -2.32. The van der Waals surface area contributed by atoms with Crippen LogP contribution >= 0.6 is 0 Å². The molecule has 7 nitrogen and oxygen atoms in total. The zero-order valence-electron chi connectivity index (χ0n) is 14.7. The predicted octanol–water partition coefficient (Wildman–Crippen LogP) is 1.31. The van der Waals surface area contributed by atoms with Gasteiger partial charge in [-0.2, -0.15) is 0 Å². The monoisotopic (exact) mass is 328 g/mol. The highest BCUT2D eigenvalue weighted by Crippen LogP contribution is 2.25. The maximum absolute atomic E-state index is 11.7. The van der Waals surface area contributed by atoms with E-state index in [4.69, 9.17) is 10.5 Å². The van der Waals surface area contributed by atoms with Gasteiger partial charge in [-0.15, -0.1) is 0 Å². The number of carbonyl (C=O) groups is 1. The topological polar surface area (TPSA) is 100 Å². The Balaban J connectivity index is 2.43. The van der Waals surface area contributed by atoms with E-state index in [-0.39, 0.29) is 24.2 Å². The fourth-order valence-corrected chi connectivity index (χ4v) is 2.68. The lowest BCUT2D eigenvalue weighted by molar-refractivity contribution is 0.0963. The molecule has 0 bridgehead atoms. The highest BCUT2D eigenvalue weighted by Gasteiger charge is 2.26. The van der Waals surface area contributed by atoms with E-state index < -0.39 is 0 Å². The normalized spacial score (nSPS) is 17.2. The number of piperidine rings is 1. The average molecular weight is 328 g/mol. The summed E-state index contributed by atoms with van der Waals surface area (Å²) < 4.78 is 5.01. The first-order valence-electron chi connectivity index (χ1n) is 8.59. The van der Waals surface area contributed by atoms with Gasteiger partial charge in [0.2, 0.25) is 0 Å². The molecule has 1 aliphatic rings. The highest BCUT2D eigenvalue weighted by molar-refractivity contribution is 5.78. The number of hydrogen-bond donors (Lipinski definition) is 3. The number of hydrogen-bond acceptors (Lipinski definition) is 4. The molecule has 23 heavy (non-hydrogen) atoms. The number of amides is 1. The third-order valence-electron chi connectivity index (χ3n) is 4.79. The first-order valence-corrected chi connectivity index (χ1v) is 8.59. The van der Waals surface area contributed by atoms with Crippen LogP contribution in [0.2, 0.25) is 0 Å². The van der Waals surface area contributed by atoms with Crippen molar-refractivity contribution in [3.8, 4) is 0 Å². The van der Waals surface area contributed by atoms with Crippen molar-refractivity contribution in [3.63, 3.8) is 0 Å². The quantitative estimate of drug-likeness (QED) is 0.483. The minimum absolute atomic E-state index is 0.120. The van der Waals surface area contributed by atoms with E-state index in [1.807, 2.05) is 6.92 Å². The Morgan fingerprint density at radius 1 is 1.35 bits per heavy atom. The minimum Gasteiger partial charge on any atom is -0.450 e. The second-order valence-electron chi connectivity index (χ2n) is 6.17. The Labute approximate surface area is 139 Å². The second-order valence-corrected chi connectivity index (χ2v) is 6.17. The Hall–Kier alpha value is -1.50. The predicted molar refractivity (Wildman–Crippen MR) is 91.3 cm³/mol. The Morgan fingerprint density at radius 2 is 1.96 bits per heavy atom. The third-order valence-corrected chi connectivity index (χ3v) is 4.79. The van der Waals surface area contributed by atoms with Gasteiger partial charge in [0.1, 0.15) is 0 Å². The average Bonchev–Trinajstić information content (AvgIpc) is 2.57. The number of aliphatic imine (C=N–C) groups is 1. The van der Waals surface area contributed by atoms with E-state index >= 15 is 0 Å². The van der Waals surface area contributed by atoms with Gasteiger partial charge in [-0.25, -0.2) is 4.79 Å². The Bertz CT molecular complexity index is 381. The molecule has 0 aromatic rings. The second kappa shape index (κ2) is 9.60. The molecule has 0 atom stereocenters. The number of likely N-dealkylation sites (tertiary alicyclic amines) is 1. The van der Waals surface area contributed by atoms with Crippen LogP contribution in [0.5, 0.6) is 0 Å². The van der Waals surface area contributed by atoms with E-state index in [0.29, 0.717) is 32.2 Å². The van der Waals surface area contributed by atoms with E-state index in [0.717, 1.165) is 25.7 Å². The van der Waals surface area contributed by atoms with E-state index in [1.165, 1.54) is 0 Å². The van der Waals surface area contributed by atoms with Crippen LogP contribution in [0.4, 0.5) is 4.79 Å². The molecule has 0 aliphatic carbocycles. The van der Waals surface area contributed by atoms with Crippen molar-refractivity contribution in [2.24, 2.45) is 16.1 Å². The molecule has 0 spiro atoms. The summed E-state index contributed by atoms with van der Waals surface area (Å²) in [7, 11) is 0.